The predicted octanol–water partition coefficient (Wildman–Crippen LogP) is 3.01. The molecule has 0 aliphatic carbocycles. The number of esters is 1. The SMILES string of the molecule is COC(=O)CCCNC(C)c1ccc(SC)cc1. The molecular formula is C14H21NO2S. The zero-order valence-electron chi connectivity index (χ0n) is 11.2. The standard InChI is InChI=1S/C14H21NO2S/c1-11(15-10-4-5-14(16)17-2)12-6-8-13(18-3)9-7-12/h6-9,11,15H,4-5,10H2,1-3H3. The number of carbonyl (C=O) groups is 1. The van der Waals surface area contributed by atoms with Crippen LogP contribution < -0.4 is 5.32 Å². The van der Waals surface area contributed by atoms with Crippen molar-refractivity contribution in [3.63, 3.8) is 0 Å². The van der Waals surface area contributed by atoms with Crippen molar-refractivity contribution in [1.29, 1.82) is 0 Å². The van der Waals surface area contributed by atoms with Gasteiger partial charge in [-0.25, -0.2) is 0 Å². The molecule has 0 bridgehead atoms. The van der Waals surface area contributed by atoms with Crippen molar-refractivity contribution in [3.05, 3.63) is 29.8 Å². The Morgan fingerprint density at radius 1 is 1.39 bits per heavy atom. The third-order valence-corrected chi connectivity index (χ3v) is 3.60. The van der Waals surface area contributed by atoms with Crippen LogP contribution >= 0.6 is 11.8 Å². The van der Waals surface area contributed by atoms with Gasteiger partial charge in [-0.1, -0.05) is 12.1 Å². The van der Waals surface area contributed by atoms with Gasteiger partial charge < -0.3 is 10.1 Å². The van der Waals surface area contributed by atoms with E-state index in [1.54, 1.807) is 11.8 Å². The van der Waals surface area contributed by atoms with Gasteiger partial charge >= 0.3 is 5.97 Å². The van der Waals surface area contributed by atoms with Crippen LogP contribution in [0.1, 0.15) is 31.4 Å². The Hall–Kier alpha value is -1.00. The Kier molecular flexibility index (Phi) is 6.83. The minimum Gasteiger partial charge on any atom is -0.469 e. The number of rotatable bonds is 7. The molecule has 0 spiro atoms. The number of thioether (sulfide) groups is 1. The van der Waals surface area contributed by atoms with Gasteiger partial charge in [0.15, 0.2) is 0 Å². The van der Waals surface area contributed by atoms with Crippen molar-refractivity contribution < 1.29 is 9.53 Å². The number of hydrogen-bond acceptors (Lipinski definition) is 4. The van der Waals surface area contributed by atoms with Gasteiger partial charge in [-0.15, -0.1) is 11.8 Å². The average Bonchev–Trinajstić information content (AvgIpc) is 2.43. The smallest absolute Gasteiger partial charge is 0.305 e. The lowest BCUT2D eigenvalue weighted by Gasteiger charge is -2.14. The summed E-state index contributed by atoms with van der Waals surface area (Å²) >= 11 is 1.74. The Bertz CT molecular complexity index is 365. The van der Waals surface area contributed by atoms with Crippen LogP contribution in [0.25, 0.3) is 0 Å². The van der Waals surface area contributed by atoms with E-state index >= 15 is 0 Å². The molecule has 1 aromatic carbocycles. The summed E-state index contributed by atoms with van der Waals surface area (Å²) in [4.78, 5) is 12.2. The lowest BCUT2D eigenvalue weighted by Crippen LogP contribution is -2.20. The van der Waals surface area contributed by atoms with Crippen molar-refractivity contribution >= 4 is 17.7 Å². The summed E-state index contributed by atoms with van der Waals surface area (Å²) in [6, 6.07) is 8.85. The number of benzene rings is 1. The number of ether oxygens (including phenoxy) is 1. The largest absolute Gasteiger partial charge is 0.469 e. The fourth-order valence-electron chi connectivity index (χ4n) is 1.66. The van der Waals surface area contributed by atoms with E-state index in [-0.39, 0.29) is 5.97 Å². The Balaban J connectivity index is 2.31. The van der Waals surface area contributed by atoms with Crippen LogP contribution in [-0.4, -0.2) is 25.9 Å². The van der Waals surface area contributed by atoms with Gasteiger partial charge in [0.05, 0.1) is 7.11 Å². The first kappa shape index (κ1) is 15.1. The second-order valence-corrected chi connectivity index (χ2v) is 5.01. The fraction of sp³-hybridized carbons (Fsp3) is 0.500. The van der Waals surface area contributed by atoms with E-state index in [4.69, 9.17) is 0 Å². The van der Waals surface area contributed by atoms with Crippen molar-refractivity contribution in [2.45, 2.75) is 30.7 Å². The third-order valence-electron chi connectivity index (χ3n) is 2.85. The van der Waals surface area contributed by atoms with Crippen LogP contribution in [0.5, 0.6) is 0 Å². The molecule has 0 aromatic heterocycles. The van der Waals surface area contributed by atoms with Crippen molar-refractivity contribution in [1.82, 2.24) is 5.32 Å². The molecule has 0 saturated heterocycles. The maximum absolute atomic E-state index is 10.9. The molecule has 1 N–H and O–H groups in total. The van der Waals surface area contributed by atoms with Crippen molar-refractivity contribution in [3.8, 4) is 0 Å². The molecule has 1 rings (SSSR count). The normalized spacial score (nSPS) is 12.2. The van der Waals surface area contributed by atoms with Crippen LogP contribution in [0.3, 0.4) is 0 Å². The van der Waals surface area contributed by atoms with Gasteiger partial charge in [-0.3, -0.25) is 4.79 Å². The second kappa shape index (κ2) is 8.16. The van der Waals surface area contributed by atoms with E-state index < -0.39 is 0 Å². The molecule has 18 heavy (non-hydrogen) atoms. The highest BCUT2D eigenvalue weighted by molar-refractivity contribution is 7.98. The van der Waals surface area contributed by atoms with Crippen LogP contribution in [0, 0.1) is 0 Å². The van der Waals surface area contributed by atoms with Crippen LogP contribution in [0.4, 0.5) is 0 Å². The van der Waals surface area contributed by atoms with Gasteiger partial charge in [-0.2, -0.15) is 0 Å². The molecule has 0 aliphatic heterocycles. The number of carbonyl (C=O) groups excluding carboxylic acids is 1. The summed E-state index contributed by atoms with van der Waals surface area (Å²) in [5, 5.41) is 3.40. The first-order valence-electron chi connectivity index (χ1n) is 6.11. The Morgan fingerprint density at radius 2 is 2.06 bits per heavy atom. The van der Waals surface area contributed by atoms with Crippen LogP contribution in [-0.2, 0) is 9.53 Å². The highest BCUT2D eigenvalue weighted by atomic mass is 32.2. The summed E-state index contributed by atoms with van der Waals surface area (Å²) in [7, 11) is 1.42. The average molecular weight is 267 g/mol. The first-order chi connectivity index (χ1) is 8.67. The van der Waals surface area contributed by atoms with E-state index in [2.05, 4.69) is 47.5 Å². The Morgan fingerprint density at radius 3 is 2.61 bits per heavy atom. The number of methoxy groups -OCH3 is 1. The molecule has 0 radical (unpaired) electrons. The Labute approximate surface area is 113 Å². The molecule has 1 unspecified atom stereocenters. The molecule has 4 heteroatoms. The maximum Gasteiger partial charge on any atom is 0.305 e. The van der Waals surface area contributed by atoms with Gasteiger partial charge in [-0.05, 0) is 43.8 Å². The highest BCUT2D eigenvalue weighted by Crippen LogP contribution is 2.18. The summed E-state index contributed by atoms with van der Waals surface area (Å²) in [5.74, 6) is -0.145. The highest BCUT2D eigenvalue weighted by Gasteiger charge is 2.05. The van der Waals surface area contributed by atoms with E-state index in [9.17, 15) is 4.79 Å². The summed E-state index contributed by atoms with van der Waals surface area (Å²) in [5.41, 5.74) is 1.27. The number of nitrogens with one attached hydrogen (secondary N) is 1. The minimum absolute atomic E-state index is 0.145. The molecule has 0 amide bonds. The second-order valence-electron chi connectivity index (χ2n) is 4.13. The molecule has 100 valence electrons. The predicted molar refractivity (Wildman–Crippen MR) is 75.9 cm³/mol. The zero-order valence-corrected chi connectivity index (χ0v) is 12.0. The lowest BCUT2D eigenvalue weighted by molar-refractivity contribution is -0.140. The molecule has 0 heterocycles. The molecular weight excluding hydrogens is 246 g/mol. The first-order valence-corrected chi connectivity index (χ1v) is 7.34. The quantitative estimate of drug-likeness (QED) is 0.468. The van der Waals surface area contributed by atoms with Crippen LogP contribution in [0.2, 0.25) is 0 Å². The van der Waals surface area contributed by atoms with Crippen molar-refractivity contribution in [2.75, 3.05) is 19.9 Å². The van der Waals surface area contributed by atoms with E-state index in [1.807, 2.05) is 0 Å². The molecule has 3 nitrogen and oxygen atoms in total. The van der Waals surface area contributed by atoms with E-state index in [0.29, 0.717) is 12.5 Å². The summed E-state index contributed by atoms with van der Waals surface area (Å²) < 4.78 is 4.60. The molecule has 0 aliphatic rings. The maximum atomic E-state index is 10.9. The summed E-state index contributed by atoms with van der Waals surface area (Å²) in [6.45, 7) is 2.95. The summed E-state index contributed by atoms with van der Waals surface area (Å²) in [6.07, 6.45) is 3.35. The number of hydrogen-bond donors (Lipinski definition) is 1. The van der Waals surface area contributed by atoms with Crippen LogP contribution in [0.15, 0.2) is 29.2 Å². The molecule has 0 fully saturated rings. The fourth-order valence-corrected chi connectivity index (χ4v) is 2.07. The molecule has 1 aromatic rings. The minimum atomic E-state index is -0.145. The zero-order chi connectivity index (χ0) is 13.4. The van der Waals surface area contributed by atoms with Crippen molar-refractivity contribution in [2.24, 2.45) is 0 Å². The van der Waals surface area contributed by atoms with Gasteiger partial charge in [0.1, 0.15) is 0 Å². The van der Waals surface area contributed by atoms with E-state index in [0.717, 1.165) is 13.0 Å². The monoisotopic (exact) mass is 267 g/mol. The molecule has 1 atom stereocenters. The van der Waals surface area contributed by atoms with E-state index in [1.165, 1.54) is 17.6 Å². The van der Waals surface area contributed by atoms with Gasteiger partial charge in [0, 0.05) is 17.4 Å². The third kappa shape index (κ3) is 5.10. The van der Waals surface area contributed by atoms with Gasteiger partial charge in [0.2, 0.25) is 0 Å². The van der Waals surface area contributed by atoms with Gasteiger partial charge in [0.25, 0.3) is 0 Å². The topological polar surface area (TPSA) is 38.3 Å². The molecule has 0 saturated carbocycles. The lowest BCUT2D eigenvalue weighted by atomic mass is 10.1.